The van der Waals surface area contributed by atoms with E-state index in [-0.39, 0.29) is 5.91 Å². The molecule has 0 unspecified atom stereocenters. The Balaban J connectivity index is 1.96. The molecule has 0 aliphatic carbocycles. The number of nitrogens with one attached hydrogen (secondary N) is 2. The number of aromatic nitrogens is 4. The summed E-state index contributed by atoms with van der Waals surface area (Å²) >= 11 is 6.15. The Bertz CT molecular complexity index is 1170. The second kappa shape index (κ2) is 6.81. The van der Waals surface area contributed by atoms with Crippen molar-refractivity contribution in [2.75, 3.05) is 5.32 Å². The smallest absolute Gasteiger partial charge is 0.222 e. The van der Waals surface area contributed by atoms with Gasteiger partial charge in [-0.25, -0.2) is 4.98 Å². The molecule has 4 aromatic rings. The Morgan fingerprint density at radius 1 is 1.15 bits per heavy atom. The monoisotopic (exact) mass is 377 g/mol. The Morgan fingerprint density at radius 2 is 2.00 bits per heavy atom. The van der Waals surface area contributed by atoms with Crippen molar-refractivity contribution in [3.05, 3.63) is 59.5 Å². The molecule has 6 nitrogen and oxygen atoms in total. The lowest BCUT2D eigenvalue weighted by Crippen LogP contribution is -2.07. The van der Waals surface area contributed by atoms with Crippen LogP contribution in [0.3, 0.4) is 0 Å². The topological polar surface area (TPSA) is 83.6 Å². The van der Waals surface area contributed by atoms with Crippen LogP contribution in [0.5, 0.6) is 0 Å². The van der Waals surface area contributed by atoms with E-state index in [9.17, 15) is 4.79 Å². The molecule has 0 aromatic carbocycles. The maximum atomic E-state index is 11.4. The highest BCUT2D eigenvalue weighted by atomic mass is 35.5. The number of hydrogen-bond donors (Lipinski definition) is 2. The zero-order valence-electron chi connectivity index (χ0n) is 14.7. The second-order valence-electron chi connectivity index (χ2n) is 6.15. The van der Waals surface area contributed by atoms with E-state index >= 15 is 0 Å². The van der Waals surface area contributed by atoms with E-state index in [4.69, 9.17) is 11.6 Å². The summed E-state index contributed by atoms with van der Waals surface area (Å²) in [6.07, 6.45) is 3.41. The average Bonchev–Trinajstić information content (AvgIpc) is 3.03. The first-order valence-corrected chi connectivity index (χ1v) is 8.75. The molecule has 7 heteroatoms. The van der Waals surface area contributed by atoms with E-state index in [0.717, 1.165) is 39.2 Å². The summed E-state index contributed by atoms with van der Waals surface area (Å²) in [5, 5.41) is 3.33. The number of halogens is 1. The largest absolute Gasteiger partial charge is 0.353 e. The predicted molar refractivity (Wildman–Crippen MR) is 107 cm³/mol. The third kappa shape index (κ3) is 3.27. The van der Waals surface area contributed by atoms with Crippen LogP contribution >= 0.6 is 11.6 Å². The SMILES string of the molecule is CC(=O)Nc1cc(-c2[nH]c3cccnc3c2-c2ccc(Cl)c(C)n2)ccn1. The third-order valence-electron chi connectivity index (χ3n) is 4.18. The van der Waals surface area contributed by atoms with Crippen LogP contribution in [0.25, 0.3) is 33.5 Å². The minimum atomic E-state index is -0.173. The molecule has 0 aliphatic heterocycles. The number of amides is 1. The van der Waals surface area contributed by atoms with Crippen molar-refractivity contribution in [1.82, 2.24) is 19.9 Å². The molecule has 0 aliphatic rings. The van der Waals surface area contributed by atoms with Crippen LogP contribution in [0.1, 0.15) is 12.6 Å². The van der Waals surface area contributed by atoms with Crippen molar-refractivity contribution in [3.8, 4) is 22.5 Å². The molecule has 4 heterocycles. The van der Waals surface area contributed by atoms with Crippen LogP contribution in [-0.2, 0) is 4.79 Å². The van der Waals surface area contributed by atoms with Crippen LogP contribution in [0, 0.1) is 6.92 Å². The molecule has 4 aromatic heterocycles. The summed E-state index contributed by atoms with van der Waals surface area (Å²) in [5.41, 5.74) is 5.84. The number of hydrogen-bond acceptors (Lipinski definition) is 4. The van der Waals surface area contributed by atoms with Gasteiger partial charge in [0.25, 0.3) is 0 Å². The third-order valence-corrected chi connectivity index (χ3v) is 4.58. The highest BCUT2D eigenvalue weighted by Gasteiger charge is 2.18. The highest BCUT2D eigenvalue weighted by Crippen LogP contribution is 2.37. The molecule has 4 rings (SSSR count). The number of H-pyrrole nitrogens is 1. The fourth-order valence-corrected chi connectivity index (χ4v) is 3.11. The minimum Gasteiger partial charge on any atom is -0.353 e. The first kappa shape index (κ1) is 17.2. The Kier molecular flexibility index (Phi) is 4.33. The molecule has 0 atom stereocenters. The molecule has 0 bridgehead atoms. The quantitative estimate of drug-likeness (QED) is 0.546. The zero-order chi connectivity index (χ0) is 19.0. The molecule has 1 amide bonds. The molecular formula is C20H16ClN5O. The molecule has 134 valence electrons. The van der Waals surface area contributed by atoms with Crippen LogP contribution in [0.4, 0.5) is 5.82 Å². The minimum absolute atomic E-state index is 0.173. The molecular weight excluding hydrogens is 362 g/mol. The number of rotatable bonds is 3. The number of carbonyl (C=O) groups excluding carboxylic acids is 1. The van der Waals surface area contributed by atoms with E-state index in [0.29, 0.717) is 10.8 Å². The van der Waals surface area contributed by atoms with Gasteiger partial charge in [0, 0.05) is 24.9 Å². The van der Waals surface area contributed by atoms with Gasteiger partial charge in [0.05, 0.1) is 38.7 Å². The van der Waals surface area contributed by atoms with E-state index in [1.807, 2.05) is 43.3 Å². The van der Waals surface area contributed by atoms with Crippen molar-refractivity contribution in [2.45, 2.75) is 13.8 Å². The van der Waals surface area contributed by atoms with Crippen molar-refractivity contribution in [3.63, 3.8) is 0 Å². The van der Waals surface area contributed by atoms with E-state index in [2.05, 4.69) is 25.3 Å². The number of anilines is 1. The summed E-state index contributed by atoms with van der Waals surface area (Å²) in [6, 6.07) is 11.3. The van der Waals surface area contributed by atoms with Gasteiger partial charge in [0.15, 0.2) is 0 Å². The first-order valence-electron chi connectivity index (χ1n) is 8.37. The van der Waals surface area contributed by atoms with Gasteiger partial charge in [-0.15, -0.1) is 0 Å². The van der Waals surface area contributed by atoms with Crippen LogP contribution < -0.4 is 5.32 Å². The van der Waals surface area contributed by atoms with Gasteiger partial charge in [-0.2, -0.15) is 0 Å². The maximum Gasteiger partial charge on any atom is 0.222 e. The number of aryl methyl sites for hydroxylation is 1. The van der Waals surface area contributed by atoms with Crippen molar-refractivity contribution in [2.24, 2.45) is 0 Å². The Labute approximate surface area is 160 Å². The number of carbonyl (C=O) groups is 1. The van der Waals surface area contributed by atoms with Crippen molar-refractivity contribution in [1.29, 1.82) is 0 Å². The fourth-order valence-electron chi connectivity index (χ4n) is 3.00. The number of aromatic amines is 1. The first-order chi connectivity index (χ1) is 13.0. The van der Waals surface area contributed by atoms with E-state index < -0.39 is 0 Å². The number of pyridine rings is 3. The van der Waals surface area contributed by atoms with Gasteiger partial charge in [-0.3, -0.25) is 14.8 Å². The number of nitrogens with zero attached hydrogens (tertiary/aromatic N) is 3. The molecule has 0 spiro atoms. The summed E-state index contributed by atoms with van der Waals surface area (Å²) in [5.74, 6) is 0.311. The molecule has 0 fully saturated rings. The maximum absolute atomic E-state index is 11.4. The lowest BCUT2D eigenvalue weighted by atomic mass is 10.0. The molecule has 27 heavy (non-hydrogen) atoms. The van der Waals surface area contributed by atoms with Gasteiger partial charge in [0.2, 0.25) is 5.91 Å². The summed E-state index contributed by atoms with van der Waals surface area (Å²) in [4.78, 5) is 28.2. The van der Waals surface area contributed by atoms with E-state index in [1.54, 1.807) is 12.4 Å². The Hall–Kier alpha value is -3.25. The number of fused-ring (bicyclic) bond motifs is 1. The van der Waals surface area contributed by atoms with Crippen LogP contribution in [0.15, 0.2) is 48.8 Å². The normalized spacial score (nSPS) is 10.9. The fraction of sp³-hybridized carbons (Fsp3) is 0.100. The van der Waals surface area contributed by atoms with E-state index in [1.165, 1.54) is 6.92 Å². The standard InChI is InChI=1S/C20H16ClN5O/c1-11-14(21)5-6-15(24-11)18-19(26-16-4-3-8-23-20(16)18)13-7-9-22-17(10-13)25-12(2)27/h3-10,26H,1-2H3,(H,22,25,27). The molecule has 0 saturated carbocycles. The van der Waals surface area contributed by atoms with Crippen LogP contribution in [0.2, 0.25) is 5.02 Å². The summed E-state index contributed by atoms with van der Waals surface area (Å²) < 4.78 is 0. The van der Waals surface area contributed by atoms with Crippen molar-refractivity contribution >= 4 is 34.4 Å². The van der Waals surface area contributed by atoms with Gasteiger partial charge in [0.1, 0.15) is 5.82 Å². The van der Waals surface area contributed by atoms with Gasteiger partial charge in [-0.1, -0.05) is 11.6 Å². The second-order valence-corrected chi connectivity index (χ2v) is 6.56. The summed E-state index contributed by atoms with van der Waals surface area (Å²) in [6.45, 7) is 3.32. The highest BCUT2D eigenvalue weighted by molar-refractivity contribution is 6.31. The zero-order valence-corrected chi connectivity index (χ0v) is 15.5. The predicted octanol–water partition coefficient (Wildman–Crippen LogP) is 4.61. The summed E-state index contributed by atoms with van der Waals surface area (Å²) in [7, 11) is 0. The van der Waals surface area contributed by atoms with Gasteiger partial charge in [-0.05, 0) is 43.3 Å². The molecule has 0 saturated heterocycles. The average molecular weight is 378 g/mol. The lowest BCUT2D eigenvalue weighted by molar-refractivity contribution is -0.114. The Morgan fingerprint density at radius 3 is 2.78 bits per heavy atom. The van der Waals surface area contributed by atoms with Gasteiger partial charge >= 0.3 is 0 Å². The molecule has 2 N–H and O–H groups in total. The van der Waals surface area contributed by atoms with Crippen molar-refractivity contribution < 1.29 is 4.79 Å². The lowest BCUT2D eigenvalue weighted by Gasteiger charge is -2.08. The van der Waals surface area contributed by atoms with Gasteiger partial charge < -0.3 is 10.3 Å². The molecule has 0 radical (unpaired) electrons. The van der Waals surface area contributed by atoms with Crippen LogP contribution in [-0.4, -0.2) is 25.8 Å².